The molecule has 0 aliphatic carbocycles. The van der Waals surface area contributed by atoms with E-state index in [-0.39, 0.29) is 5.92 Å². The number of nitrogens with zero attached hydrogens (tertiary/aromatic N) is 4. The molecule has 0 radical (unpaired) electrons. The van der Waals surface area contributed by atoms with Crippen LogP contribution < -0.4 is 0 Å². The van der Waals surface area contributed by atoms with Gasteiger partial charge in [0.2, 0.25) is 0 Å². The SMILES string of the molecule is COCCN1C[C@H]2CN(Cc3cnn(C)c3)CCC[C@@]2(C(=O)O)C1. The van der Waals surface area contributed by atoms with Crippen LogP contribution >= 0.6 is 0 Å². The Morgan fingerprint density at radius 2 is 2.25 bits per heavy atom. The van der Waals surface area contributed by atoms with Crippen LogP contribution in [-0.4, -0.2) is 77.1 Å². The van der Waals surface area contributed by atoms with Crippen LogP contribution in [0.1, 0.15) is 18.4 Å². The third kappa shape index (κ3) is 3.48. The Bertz CT molecular complexity index is 576. The smallest absolute Gasteiger partial charge is 0.311 e. The molecule has 1 aromatic heterocycles. The Morgan fingerprint density at radius 3 is 2.92 bits per heavy atom. The van der Waals surface area contributed by atoms with Gasteiger partial charge in [-0.3, -0.25) is 19.3 Å². The van der Waals surface area contributed by atoms with Crippen LogP contribution in [0.3, 0.4) is 0 Å². The number of carboxylic acid groups (broad SMARTS) is 1. The third-order valence-electron chi connectivity index (χ3n) is 5.54. The number of hydrogen-bond acceptors (Lipinski definition) is 5. The average molecular weight is 336 g/mol. The minimum absolute atomic E-state index is 0.172. The number of ether oxygens (including phenoxy) is 1. The van der Waals surface area contributed by atoms with Crippen molar-refractivity contribution < 1.29 is 14.6 Å². The predicted molar refractivity (Wildman–Crippen MR) is 89.6 cm³/mol. The van der Waals surface area contributed by atoms with Crippen molar-refractivity contribution in [3.8, 4) is 0 Å². The minimum atomic E-state index is -0.629. The Hall–Kier alpha value is -1.44. The van der Waals surface area contributed by atoms with Crippen LogP contribution in [0.15, 0.2) is 12.4 Å². The van der Waals surface area contributed by atoms with E-state index in [0.717, 1.165) is 45.6 Å². The van der Waals surface area contributed by atoms with Crippen LogP contribution in [0.2, 0.25) is 0 Å². The van der Waals surface area contributed by atoms with Crippen LogP contribution in [0.25, 0.3) is 0 Å². The fraction of sp³-hybridized carbons (Fsp3) is 0.765. The van der Waals surface area contributed by atoms with E-state index in [1.807, 2.05) is 24.1 Å². The van der Waals surface area contributed by atoms with E-state index in [2.05, 4.69) is 14.9 Å². The molecular formula is C17H28N4O3. The van der Waals surface area contributed by atoms with Gasteiger partial charge < -0.3 is 9.84 Å². The summed E-state index contributed by atoms with van der Waals surface area (Å²) < 4.78 is 6.99. The van der Waals surface area contributed by atoms with Crippen molar-refractivity contribution >= 4 is 5.97 Å². The third-order valence-corrected chi connectivity index (χ3v) is 5.54. The summed E-state index contributed by atoms with van der Waals surface area (Å²) in [4.78, 5) is 16.8. The van der Waals surface area contributed by atoms with Crippen molar-refractivity contribution in [2.24, 2.45) is 18.4 Å². The van der Waals surface area contributed by atoms with Crippen LogP contribution in [-0.2, 0) is 23.1 Å². The Kier molecular flexibility index (Phi) is 5.22. The van der Waals surface area contributed by atoms with Gasteiger partial charge in [-0.15, -0.1) is 0 Å². The molecule has 0 saturated carbocycles. The van der Waals surface area contributed by atoms with Gasteiger partial charge in [-0.2, -0.15) is 5.10 Å². The highest BCUT2D eigenvalue weighted by Crippen LogP contribution is 2.43. The van der Waals surface area contributed by atoms with Crippen molar-refractivity contribution in [3.63, 3.8) is 0 Å². The number of aliphatic carboxylic acids is 1. The molecule has 2 aliphatic heterocycles. The zero-order valence-electron chi connectivity index (χ0n) is 14.6. The number of aryl methyl sites for hydroxylation is 1. The number of carbonyl (C=O) groups is 1. The van der Waals surface area contributed by atoms with E-state index in [9.17, 15) is 9.90 Å². The second-order valence-electron chi connectivity index (χ2n) is 7.25. The normalized spacial score (nSPS) is 28.7. The summed E-state index contributed by atoms with van der Waals surface area (Å²) in [5, 5.41) is 14.2. The number of aromatic nitrogens is 2. The minimum Gasteiger partial charge on any atom is -0.481 e. The number of carboxylic acids is 1. The van der Waals surface area contributed by atoms with Crippen LogP contribution in [0, 0.1) is 11.3 Å². The highest BCUT2D eigenvalue weighted by molar-refractivity contribution is 5.76. The fourth-order valence-electron chi connectivity index (χ4n) is 4.31. The summed E-state index contributed by atoms with van der Waals surface area (Å²) in [6.07, 6.45) is 5.63. The second kappa shape index (κ2) is 7.21. The zero-order chi connectivity index (χ0) is 17.2. The first-order chi connectivity index (χ1) is 11.5. The van der Waals surface area contributed by atoms with Gasteiger partial charge in [0.25, 0.3) is 0 Å². The van der Waals surface area contributed by atoms with Crippen molar-refractivity contribution in [2.45, 2.75) is 19.4 Å². The van der Waals surface area contributed by atoms with E-state index in [0.29, 0.717) is 13.2 Å². The second-order valence-corrected chi connectivity index (χ2v) is 7.25. The van der Waals surface area contributed by atoms with Crippen molar-refractivity contribution in [2.75, 3.05) is 46.4 Å². The van der Waals surface area contributed by atoms with Crippen LogP contribution in [0.4, 0.5) is 0 Å². The van der Waals surface area contributed by atoms with Gasteiger partial charge in [0.15, 0.2) is 0 Å². The van der Waals surface area contributed by atoms with E-state index in [4.69, 9.17) is 4.74 Å². The molecule has 3 rings (SSSR count). The maximum absolute atomic E-state index is 12.1. The number of fused-ring (bicyclic) bond motifs is 1. The first-order valence-corrected chi connectivity index (χ1v) is 8.68. The van der Waals surface area contributed by atoms with Crippen molar-refractivity contribution in [1.82, 2.24) is 19.6 Å². The lowest BCUT2D eigenvalue weighted by atomic mass is 9.75. The maximum Gasteiger partial charge on any atom is 0.311 e. The largest absolute Gasteiger partial charge is 0.481 e. The predicted octanol–water partition coefficient (Wildman–Crippen LogP) is 0.665. The molecule has 2 saturated heterocycles. The van der Waals surface area contributed by atoms with E-state index < -0.39 is 11.4 Å². The molecule has 2 aliphatic rings. The molecule has 2 atom stereocenters. The Morgan fingerprint density at radius 1 is 1.46 bits per heavy atom. The fourth-order valence-corrected chi connectivity index (χ4v) is 4.31. The molecule has 7 heteroatoms. The summed E-state index contributed by atoms with van der Waals surface area (Å²) in [6, 6.07) is 0. The lowest BCUT2D eigenvalue weighted by Gasteiger charge is -2.29. The van der Waals surface area contributed by atoms with Gasteiger partial charge in [0.05, 0.1) is 18.2 Å². The number of methoxy groups -OCH3 is 1. The average Bonchev–Trinajstić information content (AvgIpc) is 3.05. The number of rotatable bonds is 6. The van der Waals surface area contributed by atoms with E-state index in [1.165, 1.54) is 5.56 Å². The highest BCUT2D eigenvalue weighted by Gasteiger charge is 2.53. The van der Waals surface area contributed by atoms with Gasteiger partial charge in [0.1, 0.15) is 0 Å². The number of likely N-dealkylation sites (tertiary alicyclic amines) is 2. The summed E-state index contributed by atoms with van der Waals surface area (Å²) in [5.41, 5.74) is 0.590. The standard InChI is InChI=1S/C17H28N4O3/c1-19-9-14(8-18-19)10-20-5-3-4-17(16(22)23)13-21(6-7-24-2)12-15(17)11-20/h8-9,15H,3-7,10-13H2,1-2H3,(H,22,23)/t15-,17-/m1/s1. The lowest BCUT2D eigenvalue weighted by Crippen LogP contribution is -2.41. The van der Waals surface area contributed by atoms with E-state index >= 15 is 0 Å². The van der Waals surface area contributed by atoms with Crippen molar-refractivity contribution in [3.05, 3.63) is 18.0 Å². The van der Waals surface area contributed by atoms with Gasteiger partial charge in [-0.25, -0.2) is 0 Å². The zero-order valence-corrected chi connectivity index (χ0v) is 14.6. The molecule has 24 heavy (non-hydrogen) atoms. The summed E-state index contributed by atoms with van der Waals surface area (Å²) in [5.74, 6) is -0.457. The van der Waals surface area contributed by atoms with Gasteiger partial charge in [-0.1, -0.05) is 0 Å². The quantitative estimate of drug-likeness (QED) is 0.823. The topological polar surface area (TPSA) is 70.8 Å². The van der Waals surface area contributed by atoms with Crippen LogP contribution in [0.5, 0.6) is 0 Å². The first kappa shape index (κ1) is 17.4. The molecular weight excluding hydrogens is 308 g/mol. The van der Waals surface area contributed by atoms with Crippen molar-refractivity contribution in [1.29, 1.82) is 0 Å². The Balaban J connectivity index is 1.71. The molecule has 3 heterocycles. The molecule has 0 amide bonds. The summed E-state index contributed by atoms with van der Waals surface area (Å²) >= 11 is 0. The Labute approximate surface area is 143 Å². The van der Waals surface area contributed by atoms with E-state index in [1.54, 1.807) is 7.11 Å². The van der Waals surface area contributed by atoms with Gasteiger partial charge in [-0.05, 0) is 19.4 Å². The highest BCUT2D eigenvalue weighted by atomic mass is 16.5. The molecule has 1 N–H and O–H groups in total. The number of hydrogen-bond donors (Lipinski definition) is 1. The molecule has 0 spiro atoms. The van der Waals surface area contributed by atoms with Gasteiger partial charge >= 0.3 is 5.97 Å². The lowest BCUT2D eigenvalue weighted by molar-refractivity contribution is -0.151. The molecule has 2 fully saturated rings. The summed E-state index contributed by atoms with van der Waals surface area (Å²) in [7, 11) is 3.61. The molecule has 7 nitrogen and oxygen atoms in total. The monoisotopic (exact) mass is 336 g/mol. The first-order valence-electron chi connectivity index (χ1n) is 8.68. The molecule has 1 aromatic rings. The molecule has 134 valence electrons. The van der Waals surface area contributed by atoms with Gasteiger partial charge in [0, 0.05) is 64.6 Å². The molecule has 0 bridgehead atoms. The molecule has 0 aromatic carbocycles. The maximum atomic E-state index is 12.1. The molecule has 0 unspecified atom stereocenters. The summed E-state index contributed by atoms with van der Waals surface area (Å²) in [6.45, 7) is 5.60.